The van der Waals surface area contributed by atoms with E-state index in [4.69, 9.17) is 10.3 Å². The van der Waals surface area contributed by atoms with E-state index < -0.39 is 6.10 Å². The molecule has 4 heteroatoms. The second kappa shape index (κ2) is 4.14. The van der Waals surface area contributed by atoms with Gasteiger partial charge in [0.1, 0.15) is 6.10 Å². The van der Waals surface area contributed by atoms with Gasteiger partial charge in [0, 0.05) is 0 Å². The highest BCUT2D eigenvalue weighted by atomic mass is 16.5. The summed E-state index contributed by atoms with van der Waals surface area (Å²) in [7, 11) is 0. The summed E-state index contributed by atoms with van der Waals surface area (Å²) >= 11 is 0. The number of hydrogen-bond acceptors (Lipinski definition) is 2. The summed E-state index contributed by atoms with van der Waals surface area (Å²) in [5, 5.41) is 0. The van der Waals surface area contributed by atoms with Gasteiger partial charge < -0.3 is 10.3 Å². The van der Waals surface area contributed by atoms with Crippen LogP contribution in [0.2, 0.25) is 0 Å². The van der Waals surface area contributed by atoms with E-state index in [1.807, 2.05) is 6.92 Å². The number of Topliss-reactive ketones (excluding diaryl/α,β-unsaturated/α-hetero) is 1. The molecular weight excluding hydrogens is 156 g/mol. The van der Waals surface area contributed by atoms with Crippen LogP contribution in [0.3, 0.4) is 0 Å². The molecule has 4 nitrogen and oxygen atoms in total. The predicted molar refractivity (Wildman–Crippen MR) is 42.9 cm³/mol. The summed E-state index contributed by atoms with van der Waals surface area (Å²) in [5.74, 6) is -0.246. The maximum atomic E-state index is 11.1. The van der Waals surface area contributed by atoms with Gasteiger partial charge in [-0.2, -0.15) is 4.79 Å². The van der Waals surface area contributed by atoms with Gasteiger partial charge in [0.15, 0.2) is 0 Å². The summed E-state index contributed by atoms with van der Waals surface area (Å²) in [6.07, 6.45) is 3.37. The van der Waals surface area contributed by atoms with Crippen LogP contribution in [0.1, 0.15) is 26.2 Å². The fourth-order valence-corrected chi connectivity index (χ4v) is 1.36. The standard InChI is InChI=1S/C8H12N2O2/c1-6-3-2-4-8(12-6)7(11)5-10-9/h5-6,8H,2-4H2,1H3/t6-,8-/m0/s1. The van der Waals surface area contributed by atoms with Crippen LogP contribution in [0.15, 0.2) is 0 Å². The molecule has 0 saturated carbocycles. The smallest absolute Gasteiger partial charge is 0.325 e. The van der Waals surface area contributed by atoms with E-state index in [9.17, 15) is 4.79 Å². The summed E-state index contributed by atoms with van der Waals surface area (Å²) in [6, 6.07) is 0. The fourth-order valence-electron chi connectivity index (χ4n) is 1.36. The van der Waals surface area contributed by atoms with Crippen molar-refractivity contribution in [3.63, 3.8) is 0 Å². The number of hydrogen-bond donors (Lipinski definition) is 0. The van der Waals surface area contributed by atoms with Gasteiger partial charge in [-0.1, -0.05) is 0 Å². The molecule has 0 unspecified atom stereocenters. The van der Waals surface area contributed by atoms with Crippen LogP contribution in [0.5, 0.6) is 0 Å². The molecule has 0 amide bonds. The van der Waals surface area contributed by atoms with Gasteiger partial charge in [0.2, 0.25) is 0 Å². The molecule has 2 atom stereocenters. The van der Waals surface area contributed by atoms with E-state index >= 15 is 0 Å². The van der Waals surface area contributed by atoms with Crippen molar-refractivity contribution in [2.75, 3.05) is 0 Å². The van der Waals surface area contributed by atoms with Crippen molar-refractivity contribution in [1.29, 1.82) is 0 Å². The minimum atomic E-state index is -0.398. The number of carbonyl (C=O) groups is 1. The van der Waals surface area contributed by atoms with E-state index in [0.717, 1.165) is 25.5 Å². The van der Waals surface area contributed by atoms with Gasteiger partial charge in [-0.05, 0) is 26.2 Å². The predicted octanol–water partition coefficient (Wildman–Crippen LogP) is 0.814. The monoisotopic (exact) mass is 168 g/mol. The molecule has 0 bridgehead atoms. The van der Waals surface area contributed by atoms with Gasteiger partial charge in [-0.25, -0.2) is 0 Å². The van der Waals surface area contributed by atoms with E-state index in [1.165, 1.54) is 0 Å². The molecule has 1 rings (SSSR count). The van der Waals surface area contributed by atoms with E-state index in [-0.39, 0.29) is 11.9 Å². The molecule has 1 aliphatic heterocycles. The van der Waals surface area contributed by atoms with E-state index in [0.29, 0.717) is 0 Å². The molecule has 1 aliphatic rings. The lowest BCUT2D eigenvalue weighted by molar-refractivity contribution is -0.134. The van der Waals surface area contributed by atoms with Crippen molar-refractivity contribution in [1.82, 2.24) is 0 Å². The second-order valence-electron chi connectivity index (χ2n) is 3.01. The Morgan fingerprint density at radius 3 is 3.00 bits per heavy atom. The zero-order valence-electron chi connectivity index (χ0n) is 7.06. The number of nitrogens with zero attached hydrogens (tertiary/aromatic N) is 2. The molecule has 0 aliphatic carbocycles. The zero-order chi connectivity index (χ0) is 8.97. The lowest BCUT2D eigenvalue weighted by atomic mass is 10.0. The Bertz CT molecular complexity index is 221. The van der Waals surface area contributed by atoms with Crippen molar-refractivity contribution in [3.8, 4) is 0 Å². The fraction of sp³-hybridized carbons (Fsp3) is 0.750. The molecule has 1 heterocycles. The van der Waals surface area contributed by atoms with Crippen LogP contribution in [0.4, 0.5) is 0 Å². The Balaban J connectivity index is 2.51. The Morgan fingerprint density at radius 1 is 1.67 bits per heavy atom. The van der Waals surface area contributed by atoms with Crippen LogP contribution < -0.4 is 0 Å². The average Bonchev–Trinajstić information content (AvgIpc) is 2.05. The van der Waals surface area contributed by atoms with Crippen molar-refractivity contribution in [2.24, 2.45) is 0 Å². The molecule has 1 fully saturated rings. The number of carbonyl (C=O) groups excluding carboxylic acids is 1. The minimum Gasteiger partial charge on any atom is -0.367 e. The SMILES string of the molecule is C[C@H]1CCC[C@@H](C(=O)C=[N+]=[N-])O1. The third-order valence-electron chi connectivity index (χ3n) is 1.98. The number of ketones is 1. The molecular formula is C8H12N2O2. The molecule has 66 valence electrons. The molecule has 0 N–H and O–H groups in total. The van der Waals surface area contributed by atoms with Crippen molar-refractivity contribution in [2.45, 2.75) is 38.4 Å². The van der Waals surface area contributed by atoms with E-state index in [1.54, 1.807) is 0 Å². The largest absolute Gasteiger partial charge is 0.367 e. The second-order valence-corrected chi connectivity index (χ2v) is 3.01. The first-order valence-corrected chi connectivity index (χ1v) is 4.10. The van der Waals surface area contributed by atoms with Gasteiger partial charge >= 0.3 is 6.21 Å². The molecule has 0 aromatic rings. The molecule has 0 aromatic carbocycles. The van der Waals surface area contributed by atoms with Crippen LogP contribution in [-0.4, -0.2) is 29.0 Å². The van der Waals surface area contributed by atoms with Crippen LogP contribution in [0, 0.1) is 0 Å². The molecule has 0 aromatic heterocycles. The Labute approximate surface area is 71.1 Å². The quantitative estimate of drug-likeness (QED) is 0.348. The molecule has 12 heavy (non-hydrogen) atoms. The van der Waals surface area contributed by atoms with E-state index in [2.05, 4.69) is 4.79 Å². The first kappa shape index (κ1) is 9.10. The number of ether oxygens (including phenoxy) is 1. The Morgan fingerprint density at radius 2 is 2.42 bits per heavy atom. The van der Waals surface area contributed by atoms with Crippen molar-refractivity contribution < 1.29 is 14.3 Å². The van der Waals surface area contributed by atoms with Gasteiger partial charge in [-0.3, -0.25) is 4.79 Å². The minimum absolute atomic E-state index is 0.139. The number of rotatable bonds is 2. The van der Waals surface area contributed by atoms with Gasteiger partial charge in [-0.15, -0.1) is 0 Å². The lowest BCUT2D eigenvalue weighted by Crippen LogP contribution is -2.33. The van der Waals surface area contributed by atoms with Crippen LogP contribution >= 0.6 is 0 Å². The molecule has 1 saturated heterocycles. The third-order valence-corrected chi connectivity index (χ3v) is 1.98. The van der Waals surface area contributed by atoms with Crippen molar-refractivity contribution >= 4 is 12.0 Å². The first-order chi connectivity index (χ1) is 5.74. The average molecular weight is 168 g/mol. The lowest BCUT2D eigenvalue weighted by Gasteiger charge is -2.24. The van der Waals surface area contributed by atoms with Gasteiger partial charge in [0.25, 0.3) is 5.78 Å². The summed E-state index contributed by atoms with van der Waals surface area (Å²) < 4.78 is 5.35. The summed E-state index contributed by atoms with van der Waals surface area (Å²) in [4.78, 5) is 13.8. The molecule has 0 spiro atoms. The van der Waals surface area contributed by atoms with Crippen LogP contribution in [-0.2, 0) is 9.53 Å². The maximum Gasteiger partial charge on any atom is 0.325 e. The first-order valence-electron chi connectivity index (χ1n) is 4.10. The normalized spacial score (nSPS) is 29.1. The Kier molecular flexibility index (Phi) is 3.14. The van der Waals surface area contributed by atoms with Crippen LogP contribution in [0.25, 0.3) is 5.53 Å². The highest BCUT2D eigenvalue weighted by Crippen LogP contribution is 2.18. The Hall–Kier alpha value is -0.990. The topological polar surface area (TPSA) is 62.7 Å². The maximum absolute atomic E-state index is 11.1. The highest BCUT2D eigenvalue weighted by molar-refractivity contribution is 6.27. The third kappa shape index (κ3) is 2.26. The van der Waals surface area contributed by atoms with Crippen molar-refractivity contribution in [3.05, 3.63) is 5.53 Å². The summed E-state index contributed by atoms with van der Waals surface area (Å²) in [6.45, 7) is 1.94. The summed E-state index contributed by atoms with van der Waals surface area (Å²) in [5.41, 5.74) is 8.13. The van der Waals surface area contributed by atoms with Gasteiger partial charge in [0.05, 0.1) is 6.10 Å². The zero-order valence-corrected chi connectivity index (χ0v) is 7.06. The molecule has 0 radical (unpaired) electrons. The highest BCUT2D eigenvalue weighted by Gasteiger charge is 2.26.